The van der Waals surface area contributed by atoms with E-state index in [-0.39, 0.29) is 0 Å². The smallest absolute Gasteiger partial charge is 0.0182 e. The normalized spacial score (nSPS) is 16.3. The van der Waals surface area contributed by atoms with Gasteiger partial charge in [0.1, 0.15) is 0 Å². The van der Waals surface area contributed by atoms with Gasteiger partial charge in [0.25, 0.3) is 0 Å². The summed E-state index contributed by atoms with van der Waals surface area (Å²) in [6, 6.07) is 0. The second-order valence-corrected chi connectivity index (χ2v) is 7.87. The minimum Gasteiger partial charge on any atom is -0.146 e. The summed E-state index contributed by atoms with van der Waals surface area (Å²) in [5.41, 5.74) is 0. The molecule has 0 nitrogen and oxygen atoms in total. The van der Waals surface area contributed by atoms with E-state index in [9.17, 15) is 0 Å². The van der Waals surface area contributed by atoms with Crippen LogP contribution in [0.1, 0.15) is 13.8 Å². The highest BCUT2D eigenvalue weighted by Crippen LogP contribution is 2.52. The molecule has 0 radical (unpaired) electrons. The second-order valence-electron chi connectivity index (χ2n) is 2.51. The van der Waals surface area contributed by atoms with Crippen molar-refractivity contribution in [3.8, 4) is 0 Å². The molecule has 0 atom stereocenters. The van der Waals surface area contributed by atoms with Crippen molar-refractivity contribution in [1.82, 2.24) is 0 Å². The van der Waals surface area contributed by atoms with Crippen LogP contribution in [0.2, 0.25) is 0 Å². The summed E-state index contributed by atoms with van der Waals surface area (Å²) in [4.78, 5) is 1.27. The SMILES string of the molecule is C/C=C\C=C(/C)S(C)(C)Cl. The molecule has 0 saturated heterocycles. The highest BCUT2D eigenvalue weighted by molar-refractivity contribution is 8.52. The Morgan fingerprint density at radius 3 is 2.20 bits per heavy atom. The van der Waals surface area contributed by atoms with Crippen LogP contribution in [-0.4, -0.2) is 12.5 Å². The van der Waals surface area contributed by atoms with Crippen LogP contribution >= 0.6 is 19.9 Å². The summed E-state index contributed by atoms with van der Waals surface area (Å²) in [7, 11) is 5.11. The summed E-state index contributed by atoms with van der Waals surface area (Å²) in [6.07, 6.45) is 10.2. The third-order valence-corrected chi connectivity index (χ3v) is 3.69. The Balaban J connectivity index is 4.20. The Kier molecular flexibility index (Phi) is 4.14. The van der Waals surface area contributed by atoms with Crippen molar-refractivity contribution < 1.29 is 0 Å². The first-order valence-corrected chi connectivity index (χ1v) is 6.48. The molecule has 0 aromatic carbocycles. The number of allylic oxidation sites excluding steroid dienone is 4. The van der Waals surface area contributed by atoms with Crippen LogP contribution < -0.4 is 0 Å². The first kappa shape index (κ1) is 10.1. The molecule has 0 aliphatic carbocycles. The molecule has 0 unspecified atom stereocenters. The monoisotopic (exact) mass is 178 g/mol. The largest absolute Gasteiger partial charge is 0.146 e. The Morgan fingerprint density at radius 2 is 1.90 bits per heavy atom. The Bertz CT molecular complexity index is 151. The molecule has 2 heteroatoms. The quantitative estimate of drug-likeness (QED) is 0.566. The van der Waals surface area contributed by atoms with Crippen LogP contribution in [0, 0.1) is 0 Å². The predicted molar refractivity (Wildman–Crippen MR) is 53.9 cm³/mol. The molecular formula is C8H15ClS. The van der Waals surface area contributed by atoms with Crippen molar-refractivity contribution in [1.29, 1.82) is 0 Å². The van der Waals surface area contributed by atoms with Gasteiger partial charge in [0.2, 0.25) is 0 Å². The maximum absolute atomic E-state index is 6.10. The van der Waals surface area contributed by atoms with Crippen molar-refractivity contribution in [2.45, 2.75) is 13.8 Å². The van der Waals surface area contributed by atoms with Crippen LogP contribution in [0.15, 0.2) is 23.1 Å². The van der Waals surface area contributed by atoms with Gasteiger partial charge < -0.3 is 0 Å². The Morgan fingerprint density at radius 1 is 1.40 bits per heavy atom. The summed E-state index contributed by atoms with van der Waals surface area (Å²) in [5, 5.41) is 0. The topological polar surface area (TPSA) is 0 Å². The third kappa shape index (κ3) is 4.02. The van der Waals surface area contributed by atoms with E-state index in [1.165, 1.54) is 4.91 Å². The predicted octanol–water partition coefficient (Wildman–Crippen LogP) is 3.68. The van der Waals surface area contributed by atoms with Gasteiger partial charge in [-0.05, 0) is 31.3 Å². The van der Waals surface area contributed by atoms with Gasteiger partial charge in [-0.1, -0.05) is 28.9 Å². The molecule has 0 amide bonds. The third-order valence-electron chi connectivity index (χ3n) is 1.29. The van der Waals surface area contributed by atoms with Gasteiger partial charge >= 0.3 is 0 Å². The van der Waals surface area contributed by atoms with Gasteiger partial charge in [0.15, 0.2) is 0 Å². The average molecular weight is 179 g/mol. The van der Waals surface area contributed by atoms with Crippen molar-refractivity contribution in [3.05, 3.63) is 23.1 Å². The first-order chi connectivity index (χ1) is 4.48. The van der Waals surface area contributed by atoms with Crippen LogP contribution in [0.5, 0.6) is 0 Å². The van der Waals surface area contributed by atoms with Gasteiger partial charge in [-0.2, -0.15) is 0 Å². The summed E-state index contributed by atoms with van der Waals surface area (Å²) < 4.78 is 0. The molecule has 0 bridgehead atoms. The molecule has 0 fully saturated rings. The fourth-order valence-electron chi connectivity index (χ4n) is 0.394. The summed E-state index contributed by atoms with van der Waals surface area (Å²) >= 11 is 0. The molecule has 0 N–H and O–H groups in total. The lowest BCUT2D eigenvalue weighted by Crippen LogP contribution is -1.84. The van der Waals surface area contributed by atoms with Gasteiger partial charge in [-0.25, -0.2) is 0 Å². The van der Waals surface area contributed by atoms with E-state index >= 15 is 0 Å². The van der Waals surface area contributed by atoms with Crippen LogP contribution in [-0.2, 0) is 0 Å². The van der Waals surface area contributed by atoms with E-state index in [0.717, 1.165) is 0 Å². The lowest BCUT2D eigenvalue weighted by atomic mass is 10.5. The molecular weight excluding hydrogens is 164 g/mol. The first-order valence-electron chi connectivity index (χ1n) is 3.21. The molecule has 0 aromatic rings. The van der Waals surface area contributed by atoms with Crippen LogP contribution in [0.25, 0.3) is 0 Å². The van der Waals surface area contributed by atoms with E-state index in [4.69, 9.17) is 10.7 Å². The van der Waals surface area contributed by atoms with Crippen LogP contribution in [0.4, 0.5) is 0 Å². The minimum absolute atomic E-state index is 0.993. The fraction of sp³-hybridized carbons (Fsp3) is 0.500. The van der Waals surface area contributed by atoms with Crippen LogP contribution in [0.3, 0.4) is 0 Å². The number of hydrogen-bond acceptors (Lipinski definition) is 0. The van der Waals surface area contributed by atoms with Gasteiger partial charge in [0, 0.05) is 0 Å². The van der Waals surface area contributed by atoms with Gasteiger partial charge in [-0.15, -0.1) is 9.24 Å². The molecule has 0 aliphatic heterocycles. The molecule has 0 saturated carbocycles. The standard InChI is InChI=1S/C8H15ClS/c1-5-6-7-8(2)10(3,4)9/h5-7H,1-4H3/b6-5-,8-7+. The molecule has 0 aromatic heterocycles. The van der Waals surface area contributed by atoms with Gasteiger partial charge in [0.05, 0.1) is 0 Å². The highest BCUT2D eigenvalue weighted by Gasteiger charge is 2.07. The zero-order chi connectivity index (χ0) is 8.20. The van der Waals surface area contributed by atoms with Gasteiger partial charge in [-0.3, -0.25) is 0 Å². The molecule has 10 heavy (non-hydrogen) atoms. The fourth-order valence-corrected chi connectivity index (χ4v) is 0.950. The van der Waals surface area contributed by atoms with Crippen molar-refractivity contribution in [3.63, 3.8) is 0 Å². The molecule has 0 spiro atoms. The van der Waals surface area contributed by atoms with E-state index in [0.29, 0.717) is 0 Å². The lowest BCUT2D eigenvalue weighted by molar-refractivity contribution is 1.63. The van der Waals surface area contributed by atoms with Crippen molar-refractivity contribution >= 4 is 19.9 Å². The van der Waals surface area contributed by atoms with E-state index < -0.39 is 9.24 Å². The Hall–Kier alpha value is 0.120. The molecule has 0 rings (SSSR count). The molecule has 60 valence electrons. The maximum atomic E-state index is 6.10. The number of hydrogen-bond donors (Lipinski definition) is 0. The van der Waals surface area contributed by atoms with E-state index in [1.807, 2.05) is 19.1 Å². The minimum atomic E-state index is -0.993. The second kappa shape index (κ2) is 4.09. The average Bonchev–Trinajstić information content (AvgIpc) is 1.80. The number of halogens is 1. The van der Waals surface area contributed by atoms with E-state index in [2.05, 4.69) is 25.5 Å². The number of rotatable bonds is 2. The zero-order valence-electron chi connectivity index (χ0n) is 7.02. The molecule has 0 aliphatic rings. The van der Waals surface area contributed by atoms with Crippen molar-refractivity contribution in [2.75, 3.05) is 12.5 Å². The van der Waals surface area contributed by atoms with Crippen molar-refractivity contribution in [2.24, 2.45) is 0 Å². The van der Waals surface area contributed by atoms with E-state index in [1.54, 1.807) is 0 Å². The zero-order valence-corrected chi connectivity index (χ0v) is 8.59. The summed E-state index contributed by atoms with van der Waals surface area (Å²) in [5.74, 6) is 0. The maximum Gasteiger partial charge on any atom is -0.0182 e. The summed E-state index contributed by atoms with van der Waals surface area (Å²) in [6.45, 7) is 4.07. The molecule has 0 heterocycles. The Labute approximate surface area is 69.8 Å². The highest BCUT2D eigenvalue weighted by atomic mass is 35.7. The lowest BCUT2D eigenvalue weighted by Gasteiger charge is -2.22.